The number of nitrogens with one attached hydrogen (secondary N) is 1. The van der Waals surface area contributed by atoms with Gasteiger partial charge in [-0.15, -0.1) is 0 Å². The molecule has 0 aliphatic carbocycles. The van der Waals surface area contributed by atoms with Gasteiger partial charge in [-0.3, -0.25) is 0 Å². The van der Waals surface area contributed by atoms with Gasteiger partial charge in [-0.2, -0.15) is 0 Å². The minimum absolute atomic E-state index is 0.914. The zero-order valence-electron chi connectivity index (χ0n) is 12.0. The van der Waals surface area contributed by atoms with E-state index >= 15 is 0 Å². The Labute approximate surface area is 116 Å². The third-order valence-corrected chi connectivity index (χ3v) is 3.26. The predicted molar refractivity (Wildman–Crippen MR) is 83.1 cm³/mol. The van der Waals surface area contributed by atoms with Crippen molar-refractivity contribution in [2.45, 2.75) is 20.4 Å². The predicted octanol–water partition coefficient (Wildman–Crippen LogP) is 3.87. The molecular weight excluding hydrogens is 232 g/mol. The summed E-state index contributed by atoms with van der Waals surface area (Å²) < 4.78 is 0. The van der Waals surface area contributed by atoms with Crippen LogP contribution in [0.3, 0.4) is 0 Å². The first-order valence-corrected chi connectivity index (χ1v) is 6.82. The molecule has 100 valence electrons. The molecule has 2 aromatic rings. The maximum atomic E-state index is 3.17. The van der Waals surface area contributed by atoms with E-state index in [0.29, 0.717) is 0 Å². The smallest absolute Gasteiger partial charge is 0.0413 e. The summed E-state index contributed by atoms with van der Waals surface area (Å²) in [5, 5.41) is 3.17. The summed E-state index contributed by atoms with van der Waals surface area (Å²) >= 11 is 0. The molecule has 2 aromatic carbocycles. The third-order valence-electron chi connectivity index (χ3n) is 3.26. The van der Waals surface area contributed by atoms with Crippen LogP contribution in [0.5, 0.6) is 0 Å². The first kappa shape index (κ1) is 13.6. The minimum Gasteiger partial charge on any atom is -0.342 e. The Balaban J connectivity index is 2.26. The summed E-state index contributed by atoms with van der Waals surface area (Å²) in [7, 11) is 1.97. The van der Waals surface area contributed by atoms with E-state index in [4.69, 9.17) is 0 Å². The van der Waals surface area contributed by atoms with Crippen LogP contribution >= 0.6 is 0 Å². The SMILES string of the molecule is CCN(c1ccc(CNC)cc1)c1cccc(C)c1. The monoisotopic (exact) mass is 254 g/mol. The molecule has 2 heteroatoms. The Bertz CT molecular complexity index is 517. The number of hydrogen-bond donors (Lipinski definition) is 1. The second-order valence-corrected chi connectivity index (χ2v) is 4.78. The van der Waals surface area contributed by atoms with E-state index in [1.54, 1.807) is 0 Å². The molecule has 0 aliphatic rings. The lowest BCUT2D eigenvalue weighted by Gasteiger charge is -2.24. The Morgan fingerprint density at radius 2 is 1.74 bits per heavy atom. The molecule has 0 heterocycles. The molecule has 0 saturated carbocycles. The van der Waals surface area contributed by atoms with Gasteiger partial charge < -0.3 is 10.2 Å². The summed E-state index contributed by atoms with van der Waals surface area (Å²) in [4.78, 5) is 2.33. The summed E-state index contributed by atoms with van der Waals surface area (Å²) in [6.07, 6.45) is 0. The second kappa shape index (κ2) is 6.39. The van der Waals surface area contributed by atoms with Gasteiger partial charge in [0.25, 0.3) is 0 Å². The molecule has 0 saturated heterocycles. The molecule has 2 nitrogen and oxygen atoms in total. The zero-order chi connectivity index (χ0) is 13.7. The van der Waals surface area contributed by atoms with Gasteiger partial charge in [0.2, 0.25) is 0 Å². The average Bonchev–Trinajstić information content (AvgIpc) is 2.42. The van der Waals surface area contributed by atoms with Crippen LogP contribution in [-0.2, 0) is 6.54 Å². The largest absolute Gasteiger partial charge is 0.342 e. The maximum absolute atomic E-state index is 3.17. The van der Waals surface area contributed by atoms with E-state index in [2.05, 4.69) is 72.6 Å². The molecule has 0 bridgehead atoms. The van der Waals surface area contributed by atoms with E-state index < -0.39 is 0 Å². The van der Waals surface area contributed by atoms with E-state index in [0.717, 1.165) is 13.1 Å². The van der Waals surface area contributed by atoms with Gasteiger partial charge in [-0.1, -0.05) is 24.3 Å². The third kappa shape index (κ3) is 3.36. The van der Waals surface area contributed by atoms with Crippen molar-refractivity contribution in [3.05, 3.63) is 59.7 Å². The molecule has 0 atom stereocenters. The molecule has 0 spiro atoms. The van der Waals surface area contributed by atoms with Crippen molar-refractivity contribution in [3.8, 4) is 0 Å². The standard InChI is InChI=1S/C17H22N2/c1-4-19(17-7-5-6-14(2)12-17)16-10-8-15(9-11-16)13-18-3/h5-12,18H,4,13H2,1-3H3. The first-order valence-electron chi connectivity index (χ1n) is 6.82. The quantitative estimate of drug-likeness (QED) is 0.871. The highest BCUT2D eigenvalue weighted by molar-refractivity contribution is 5.63. The van der Waals surface area contributed by atoms with Gasteiger partial charge in [0.1, 0.15) is 0 Å². The molecule has 0 radical (unpaired) electrons. The first-order chi connectivity index (χ1) is 9.24. The van der Waals surface area contributed by atoms with Crippen LogP contribution in [0, 0.1) is 6.92 Å². The normalized spacial score (nSPS) is 10.5. The van der Waals surface area contributed by atoms with Gasteiger partial charge in [-0.25, -0.2) is 0 Å². The lowest BCUT2D eigenvalue weighted by Crippen LogP contribution is -2.16. The van der Waals surface area contributed by atoms with Crippen LogP contribution < -0.4 is 10.2 Å². The van der Waals surface area contributed by atoms with Crippen LogP contribution in [0.15, 0.2) is 48.5 Å². The Kier molecular flexibility index (Phi) is 4.58. The summed E-state index contributed by atoms with van der Waals surface area (Å²) in [6.45, 7) is 6.20. The fourth-order valence-electron chi connectivity index (χ4n) is 2.31. The molecule has 1 N–H and O–H groups in total. The van der Waals surface area contributed by atoms with Gasteiger partial charge in [0.15, 0.2) is 0 Å². The molecule has 2 rings (SSSR count). The van der Waals surface area contributed by atoms with E-state index in [-0.39, 0.29) is 0 Å². The van der Waals surface area contributed by atoms with Gasteiger partial charge in [0, 0.05) is 24.5 Å². The molecule has 19 heavy (non-hydrogen) atoms. The minimum atomic E-state index is 0.914. The molecule has 0 aromatic heterocycles. The van der Waals surface area contributed by atoms with Crippen molar-refractivity contribution in [2.24, 2.45) is 0 Å². The second-order valence-electron chi connectivity index (χ2n) is 4.78. The Hall–Kier alpha value is -1.80. The highest BCUT2D eigenvalue weighted by atomic mass is 15.1. The van der Waals surface area contributed by atoms with Crippen molar-refractivity contribution in [3.63, 3.8) is 0 Å². The van der Waals surface area contributed by atoms with Crippen molar-refractivity contribution >= 4 is 11.4 Å². The number of hydrogen-bond acceptors (Lipinski definition) is 2. The van der Waals surface area contributed by atoms with Crippen molar-refractivity contribution in [1.29, 1.82) is 0 Å². The number of benzene rings is 2. The van der Waals surface area contributed by atoms with Crippen LogP contribution in [0.2, 0.25) is 0 Å². The van der Waals surface area contributed by atoms with Crippen LogP contribution in [0.1, 0.15) is 18.1 Å². The zero-order valence-corrected chi connectivity index (χ0v) is 12.0. The highest BCUT2D eigenvalue weighted by Gasteiger charge is 2.06. The lowest BCUT2D eigenvalue weighted by atomic mass is 10.1. The van der Waals surface area contributed by atoms with Gasteiger partial charge in [0.05, 0.1) is 0 Å². The number of anilines is 2. The average molecular weight is 254 g/mol. The number of aryl methyl sites for hydroxylation is 1. The highest BCUT2D eigenvalue weighted by Crippen LogP contribution is 2.25. The topological polar surface area (TPSA) is 15.3 Å². The van der Waals surface area contributed by atoms with Crippen molar-refractivity contribution < 1.29 is 0 Å². The molecule has 0 amide bonds. The number of rotatable bonds is 5. The van der Waals surface area contributed by atoms with Crippen LogP contribution in [0.4, 0.5) is 11.4 Å². The van der Waals surface area contributed by atoms with E-state index in [1.165, 1.54) is 22.5 Å². The van der Waals surface area contributed by atoms with E-state index in [1.807, 2.05) is 7.05 Å². The lowest BCUT2D eigenvalue weighted by molar-refractivity contribution is 0.817. The summed E-state index contributed by atoms with van der Waals surface area (Å²) in [5.41, 5.74) is 5.10. The van der Waals surface area contributed by atoms with Crippen molar-refractivity contribution in [2.75, 3.05) is 18.5 Å². The van der Waals surface area contributed by atoms with Gasteiger partial charge >= 0.3 is 0 Å². The van der Waals surface area contributed by atoms with Crippen LogP contribution in [0.25, 0.3) is 0 Å². The van der Waals surface area contributed by atoms with E-state index in [9.17, 15) is 0 Å². The molecule has 0 aliphatic heterocycles. The summed E-state index contributed by atoms with van der Waals surface area (Å²) in [6, 6.07) is 17.4. The molecule has 0 unspecified atom stereocenters. The molecule has 0 fully saturated rings. The number of nitrogens with zero attached hydrogens (tertiary/aromatic N) is 1. The fourth-order valence-corrected chi connectivity index (χ4v) is 2.31. The van der Waals surface area contributed by atoms with Gasteiger partial charge in [-0.05, 0) is 56.3 Å². The fraction of sp³-hybridized carbons (Fsp3) is 0.294. The Morgan fingerprint density at radius 1 is 1.00 bits per heavy atom. The summed E-state index contributed by atoms with van der Waals surface area (Å²) in [5.74, 6) is 0. The molecular formula is C17H22N2. The Morgan fingerprint density at radius 3 is 2.32 bits per heavy atom. The van der Waals surface area contributed by atoms with Crippen LogP contribution in [-0.4, -0.2) is 13.6 Å². The maximum Gasteiger partial charge on any atom is 0.0413 e. The van der Waals surface area contributed by atoms with Crippen molar-refractivity contribution in [1.82, 2.24) is 5.32 Å².